The van der Waals surface area contributed by atoms with Crippen LogP contribution >= 0.6 is 0 Å². The number of hydrogen-bond donors (Lipinski definition) is 0. The summed E-state index contributed by atoms with van der Waals surface area (Å²) in [6.07, 6.45) is 2.49. The highest BCUT2D eigenvalue weighted by Gasteiger charge is 2.37. The zero-order valence-electron chi connectivity index (χ0n) is 15.7. The van der Waals surface area contributed by atoms with Crippen molar-refractivity contribution in [2.75, 3.05) is 13.1 Å². The number of piperidine rings is 1. The van der Waals surface area contributed by atoms with Crippen molar-refractivity contribution in [1.29, 1.82) is 5.26 Å². The molecule has 1 fully saturated rings. The average molecular weight is 385 g/mol. The van der Waals surface area contributed by atoms with Crippen LogP contribution in [-0.4, -0.2) is 28.5 Å². The van der Waals surface area contributed by atoms with Gasteiger partial charge in [-0.2, -0.15) is 5.26 Å². The molecule has 4 heterocycles. The van der Waals surface area contributed by atoms with E-state index < -0.39 is 0 Å². The monoisotopic (exact) mass is 385 g/mol. The second-order valence-electron chi connectivity index (χ2n) is 7.77. The van der Waals surface area contributed by atoms with Gasteiger partial charge in [0.15, 0.2) is 5.76 Å². The molecule has 0 spiro atoms. The van der Waals surface area contributed by atoms with Gasteiger partial charge in [-0.05, 0) is 54.3 Å². The summed E-state index contributed by atoms with van der Waals surface area (Å²) < 4.78 is 7.14. The largest absolute Gasteiger partial charge is 0.459 e. The SMILES string of the molecule is N#Cc1cccc(-c2ccc3n(c2=O)C[C@@H]2C[C@@H]3CN(C(=O)c3ccco3)C2)c1. The zero-order valence-corrected chi connectivity index (χ0v) is 15.7. The summed E-state index contributed by atoms with van der Waals surface area (Å²) in [4.78, 5) is 27.8. The quantitative estimate of drug-likeness (QED) is 0.678. The molecule has 6 nitrogen and oxygen atoms in total. The summed E-state index contributed by atoms with van der Waals surface area (Å²) in [5, 5.41) is 9.15. The Morgan fingerprint density at radius 1 is 1.10 bits per heavy atom. The van der Waals surface area contributed by atoms with Gasteiger partial charge in [-0.25, -0.2) is 0 Å². The van der Waals surface area contributed by atoms with Gasteiger partial charge < -0.3 is 13.9 Å². The highest BCUT2D eigenvalue weighted by atomic mass is 16.3. The zero-order chi connectivity index (χ0) is 20.0. The number of furan rings is 1. The topological polar surface area (TPSA) is 79.2 Å². The Morgan fingerprint density at radius 3 is 2.79 bits per heavy atom. The number of nitrogens with zero attached hydrogens (tertiary/aromatic N) is 3. The van der Waals surface area contributed by atoms with E-state index in [1.807, 2.05) is 27.7 Å². The van der Waals surface area contributed by atoms with Crippen molar-refractivity contribution in [3.63, 3.8) is 0 Å². The highest BCUT2D eigenvalue weighted by Crippen LogP contribution is 2.36. The third kappa shape index (κ3) is 2.95. The minimum absolute atomic E-state index is 0.0295. The molecule has 2 atom stereocenters. The number of aromatic nitrogens is 1. The second kappa shape index (κ2) is 6.78. The van der Waals surface area contributed by atoms with E-state index in [1.54, 1.807) is 30.3 Å². The fraction of sp³-hybridized carbons (Fsp3) is 0.261. The van der Waals surface area contributed by atoms with Gasteiger partial charge in [-0.15, -0.1) is 0 Å². The van der Waals surface area contributed by atoms with Gasteiger partial charge in [0.25, 0.3) is 11.5 Å². The van der Waals surface area contributed by atoms with E-state index in [-0.39, 0.29) is 23.3 Å². The number of carbonyl (C=O) groups excluding carboxylic acids is 1. The Bertz CT molecular complexity index is 1190. The first kappa shape index (κ1) is 17.5. The van der Waals surface area contributed by atoms with E-state index in [2.05, 4.69) is 6.07 Å². The summed E-state index contributed by atoms with van der Waals surface area (Å²) in [6.45, 7) is 1.80. The van der Waals surface area contributed by atoms with Crippen LogP contribution in [0.15, 0.2) is 64.0 Å². The number of benzene rings is 1. The van der Waals surface area contributed by atoms with Crippen molar-refractivity contribution in [3.8, 4) is 17.2 Å². The number of rotatable bonds is 2. The number of carbonyl (C=O) groups is 1. The molecule has 0 N–H and O–H groups in total. The molecule has 2 aliphatic rings. The Kier molecular flexibility index (Phi) is 4.09. The third-order valence-electron chi connectivity index (χ3n) is 5.93. The molecule has 2 bridgehead atoms. The van der Waals surface area contributed by atoms with Gasteiger partial charge in [-0.3, -0.25) is 9.59 Å². The minimum Gasteiger partial charge on any atom is -0.459 e. The van der Waals surface area contributed by atoms with E-state index in [4.69, 9.17) is 9.68 Å². The van der Waals surface area contributed by atoms with Gasteiger partial charge in [0, 0.05) is 36.8 Å². The first-order valence-corrected chi connectivity index (χ1v) is 9.71. The predicted molar refractivity (Wildman–Crippen MR) is 106 cm³/mol. The van der Waals surface area contributed by atoms with Gasteiger partial charge in [0.1, 0.15) is 0 Å². The van der Waals surface area contributed by atoms with Crippen LogP contribution in [0.25, 0.3) is 11.1 Å². The Hall–Kier alpha value is -3.59. The van der Waals surface area contributed by atoms with Gasteiger partial charge in [0.05, 0.1) is 17.9 Å². The van der Waals surface area contributed by atoms with Gasteiger partial charge >= 0.3 is 0 Å². The third-order valence-corrected chi connectivity index (χ3v) is 5.93. The van der Waals surface area contributed by atoms with Gasteiger partial charge in [0.2, 0.25) is 0 Å². The standard InChI is InChI=1S/C23H19N3O3/c24-11-15-3-1-4-17(9-15)19-6-7-20-18-10-16(13-26(20)22(19)27)12-25(14-18)23(28)21-5-2-8-29-21/h1-9,16,18H,10,12-14H2/t16-,18-/m1/s1. The van der Waals surface area contributed by atoms with Crippen LogP contribution in [0.1, 0.15) is 34.2 Å². The van der Waals surface area contributed by atoms with Crippen molar-refractivity contribution in [3.05, 3.63) is 82.2 Å². The summed E-state index contributed by atoms with van der Waals surface area (Å²) >= 11 is 0. The maximum Gasteiger partial charge on any atom is 0.289 e. The van der Waals surface area contributed by atoms with Crippen LogP contribution in [0.3, 0.4) is 0 Å². The van der Waals surface area contributed by atoms with E-state index in [0.29, 0.717) is 36.5 Å². The van der Waals surface area contributed by atoms with Crippen LogP contribution in [-0.2, 0) is 6.54 Å². The van der Waals surface area contributed by atoms with Crippen molar-refractivity contribution in [1.82, 2.24) is 9.47 Å². The lowest BCUT2D eigenvalue weighted by molar-refractivity contribution is 0.0564. The molecule has 6 heteroatoms. The lowest BCUT2D eigenvalue weighted by Gasteiger charge is -2.42. The number of fused-ring (bicyclic) bond motifs is 4. The molecule has 1 aromatic carbocycles. The molecule has 0 unspecified atom stereocenters. The lowest BCUT2D eigenvalue weighted by atomic mass is 9.82. The first-order valence-electron chi connectivity index (χ1n) is 9.71. The Balaban J connectivity index is 1.49. The fourth-order valence-corrected chi connectivity index (χ4v) is 4.64. The Labute approximate surface area is 167 Å². The van der Waals surface area contributed by atoms with E-state index >= 15 is 0 Å². The molecule has 2 aromatic heterocycles. The summed E-state index contributed by atoms with van der Waals surface area (Å²) in [6, 6.07) is 16.5. The number of hydrogen-bond acceptors (Lipinski definition) is 4. The molecule has 0 radical (unpaired) electrons. The van der Waals surface area contributed by atoms with Crippen LogP contribution in [0.2, 0.25) is 0 Å². The minimum atomic E-state index is -0.0922. The molecule has 0 aliphatic carbocycles. The van der Waals surface area contributed by atoms with Crippen molar-refractivity contribution >= 4 is 5.91 Å². The smallest absolute Gasteiger partial charge is 0.289 e. The van der Waals surface area contributed by atoms with Crippen molar-refractivity contribution < 1.29 is 9.21 Å². The summed E-state index contributed by atoms with van der Waals surface area (Å²) in [5.74, 6) is 0.632. The van der Waals surface area contributed by atoms with Crippen molar-refractivity contribution in [2.45, 2.75) is 18.9 Å². The number of nitriles is 1. The van der Waals surface area contributed by atoms with Gasteiger partial charge in [-0.1, -0.05) is 12.1 Å². The molecule has 1 saturated heterocycles. The Morgan fingerprint density at radius 2 is 2.00 bits per heavy atom. The highest BCUT2D eigenvalue weighted by molar-refractivity contribution is 5.91. The molecular weight excluding hydrogens is 366 g/mol. The van der Waals surface area contributed by atoms with Crippen LogP contribution < -0.4 is 5.56 Å². The molecule has 0 saturated carbocycles. The molecular formula is C23H19N3O3. The second-order valence-corrected chi connectivity index (χ2v) is 7.77. The van der Waals surface area contributed by atoms with Crippen LogP contribution in [0, 0.1) is 17.2 Å². The number of amides is 1. The first-order chi connectivity index (χ1) is 14.1. The maximum absolute atomic E-state index is 13.2. The molecule has 5 rings (SSSR count). The fourth-order valence-electron chi connectivity index (χ4n) is 4.64. The summed E-state index contributed by atoms with van der Waals surface area (Å²) in [7, 11) is 0. The molecule has 29 heavy (non-hydrogen) atoms. The number of pyridine rings is 1. The maximum atomic E-state index is 13.2. The molecule has 2 aliphatic heterocycles. The van der Waals surface area contributed by atoms with Crippen LogP contribution in [0.4, 0.5) is 0 Å². The van der Waals surface area contributed by atoms with E-state index in [1.165, 1.54) is 6.26 Å². The normalized spacial score (nSPS) is 20.0. The number of likely N-dealkylation sites (tertiary alicyclic amines) is 1. The van der Waals surface area contributed by atoms with Crippen molar-refractivity contribution in [2.24, 2.45) is 5.92 Å². The van der Waals surface area contributed by atoms with Crippen LogP contribution in [0.5, 0.6) is 0 Å². The molecule has 1 amide bonds. The average Bonchev–Trinajstić information content (AvgIpc) is 3.29. The molecule has 144 valence electrons. The van der Waals surface area contributed by atoms with E-state index in [0.717, 1.165) is 17.7 Å². The predicted octanol–water partition coefficient (Wildman–Crippen LogP) is 3.24. The lowest BCUT2D eigenvalue weighted by Crippen LogP contribution is -2.49. The summed E-state index contributed by atoms with van der Waals surface area (Å²) in [5.41, 5.74) is 2.85. The van der Waals surface area contributed by atoms with E-state index in [9.17, 15) is 9.59 Å². The molecule has 3 aromatic rings.